The fourth-order valence-electron chi connectivity index (χ4n) is 2.11. The van der Waals surface area contributed by atoms with Gasteiger partial charge in [-0.1, -0.05) is 0 Å². The van der Waals surface area contributed by atoms with Crippen LogP contribution in [0, 0.1) is 25.2 Å². The van der Waals surface area contributed by atoms with Crippen LogP contribution in [-0.4, -0.2) is 9.38 Å². The summed E-state index contributed by atoms with van der Waals surface area (Å²) in [6, 6.07) is 5.40. The van der Waals surface area contributed by atoms with Gasteiger partial charge in [0.15, 0.2) is 0 Å². The summed E-state index contributed by atoms with van der Waals surface area (Å²) < 4.78 is 1.44. The van der Waals surface area contributed by atoms with Crippen LogP contribution in [0.1, 0.15) is 15.3 Å². The van der Waals surface area contributed by atoms with E-state index in [1.165, 1.54) is 10.6 Å². The van der Waals surface area contributed by atoms with Crippen LogP contribution in [0.25, 0.3) is 16.6 Å². The summed E-state index contributed by atoms with van der Waals surface area (Å²) in [6.07, 6.45) is 1.54. The maximum atomic E-state index is 12.4. The molecule has 0 aliphatic heterocycles. The van der Waals surface area contributed by atoms with Gasteiger partial charge in [-0.05, 0) is 26.0 Å². The molecule has 3 aromatic heterocycles. The minimum Gasteiger partial charge on any atom is -0.268 e. The smallest absolute Gasteiger partial charge is 0.266 e. The van der Waals surface area contributed by atoms with Gasteiger partial charge >= 0.3 is 0 Å². The maximum absolute atomic E-state index is 12.4. The molecule has 88 valence electrons. The first-order valence-electron chi connectivity index (χ1n) is 5.44. The molecule has 0 bridgehead atoms. The summed E-state index contributed by atoms with van der Waals surface area (Å²) in [4.78, 5) is 18.9. The van der Waals surface area contributed by atoms with Gasteiger partial charge in [0.2, 0.25) is 0 Å². The second-order valence-electron chi connectivity index (χ2n) is 4.11. The molecule has 0 amide bonds. The van der Waals surface area contributed by atoms with Crippen molar-refractivity contribution in [2.75, 3.05) is 0 Å². The third-order valence-electron chi connectivity index (χ3n) is 2.94. The lowest BCUT2D eigenvalue weighted by Crippen LogP contribution is -2.15. The van der Waals surface area contributed by atoms with E-state index < -0.39 is 0 Å². The second-order valence-corrected chi connectivity index (χ2v) is 5.54. The molecule has 0 fully saturated rings. The molecule has 0 saturated carbocycles. The fourth-order valence-corrected chi connectivity index (χ4v) is 3.10. The molecule has 0 aromatic carbocycles. The average Bonchev–Trinajstić information content (AvgIpc) is 2.65. The van der Waals surface area contributed by atoms with E-state index in [1.807, 2.05) is 19.9 Å². The Morgan fingerprint density at radius 3 is 2.83 bits per heavy atom. The van der Waals surface area contributed by atoms with Crippen LogP contribution in [0.3, 0.4) is 0 Å². The summed E-state index contributed by atoms with van der Waals surface area (Å²) in [5.74, 6) is 0. The summed E-state index contributed by atoms with van der Waals surface area (Å²) in [5, 5.41) is 9.53. The Morgan fingerprint density at radius 1 is 1.33 bits per heavy atom. The molecule has 0 unspecified atom stereocenters. The van der Waals surface area contributed by atoms with Crippen molar-refractivity contribution in [3.63, 3.8) is 0 Å². The highest BCUT2D eigenvalue weighted by Crippen LogP contribution is 2.26. The first-order valence-corrected chi connectivity index (χ1v) is 6.25. The highest BCUT2D eigenvalue weighted by atomic mass is 32.1. The molecule has 0 N–H and O–H groups in total. The summed E-state index contributed by atoms with van der Waals surface area (Å²) in [6.45, 7) is 3.89. The van der Waals surface area contributed by atoms with Gasteiger partial charge in [0.05, 0.1) is 16.5 Å². The van der Waals surface area contributed by atoms with Gasteiger partial charge in [-0.15, -0.1) is 11.3 Å². The van der Waals surface area contributed by atoms with E-state index >= 15 is 0 Å². The number of nitriles is 1. The topological polar surface area (TPSA) is 58.2 Å². The van der Waals surface area contributed by atoms with Crippen molar-refractivity contribution >= 4 is 27.9 Å². The van der Waals surface area contributed by atoms with E-state index in [1.54, 1.807) is 23.5 Å². The van der Waals surface area contributed by atoms with Gasteiger partial charge in [0, 0.05) is 16.0 Å². The summed E-state index contributed by atoms with van der Waals surface area (Å²) in [7, 11) is 0. The van der Waals surface area contributed by atoms with Crippen LogP contribution in [0.2, 0.25) is 0 Å². The van der Waals surface area contributed by atoms with Crippen LogP contribution >= 0.6 is 11.3 Å². The number of pyridine rings is 1. The molecule has 0 atom stereocenters. The first-order chi connectivity index (χ1) is 8.61. The zero-order valence-corrected chi connectivity index (χ0v) is 10.7. The van der Waals surface area contributed by atoms with Gasteiger partial charge < -0.3 is 0 Å². The van der Waals surface area contributed by atoms with Crippen molar-refractivity contribution in [1.82, 2.24) is 9.38 Å². The van der Waals surface area contributed by atoms with Crippen LogP contribution in [0.15, 0.2) is 23.1 Å². The Balaban J connectivity index is 2.60. The first kappa shape index (κ1) is 10.9. The SMILES string of the molecule is Cc1sc(C)c2c(=O)n3cc(C#N)ccc3nc12. The fraction of sp³-hybridized carbons (Fsp3) is 0.154. The minimum absolute atomic E-state index is 0.103. The molecule has 3 rings (SSSR count). The highest BCUT2D eigenvalue weighted by Gasteiger charge is 2.13. The van der Waals surface area contributed by atoms with Crippen LogP contribution in [-0.2, 0) is 0 Å². The van der Waals surface area contributed by atoms with E-state index in [4.69, 9.17) is 5.26 Å². The number of rotatable bonds is 0. The molecule has 0 aliphatic carbocycles. The lowest BCUT2D eigenvalue weighted by atomic mass is 10.2. The largest absolute Gasteiger partial charge is 0.268 e. The van der Waals surface area contributed by atoms with Crippen LogP contribution in [0.5, 0.6) is 0 Å². The van der Waals surface area contributed by atoms with Gasteiger partial charge in [-0.2, -0.15) is 5.26 Å². The van der Waals surface area contributed by atoms with Gasteiger partial charge in [-0.3, -0.25) is 9.20 Å². The van der Waals surface area contributed by atoms with Crippen molar-refractivity contribution < 1.29 is 0 Å². The zero-order valence-electron chi connectivity index (χ0n) is 9.89. The van der Waals surface area contributed by atoms with E-state index in [9.17, 15) is 4.79 Å². The summed E-state index contributed by atoms with van der Waals surface area (Å²) in [5.41, 5.74) is 1.70. The number of aromatic nitrogens is 2. The molecule has 0 saturated heterocycles. The lowest BCUT2D eigenvalue weighted by molar-refractivity contribution is 1.07. The van der Waals surface area contributed by atoms with Crippen molar-refractivity contribution in [3.05, 3.63) is 44.0 Å². The molecule has 0 spiro atoms. The van der Waals surface area contributed by atoms with E-state index in [2.05, 4.69) is 4.98 Å². The van der Waals surface area contributed by atoms with E-state index in [0.29, 0.717) is 16.6 Å². The highest BCUT2D eigenvalue weighted by molar-refractivity contribution is 7.13. The zero-order chi connectivity index (χ0) is 12.9. The normalized spacial score (nSPS) is 10.9. The molecule has 0 radical (unpaired) electrons. The predicted molar refractivity (Wildman–Crippen MR) is 71.0 cm³/mol. The molecule has 3 heterocycles. The number of hydrogen-bond acceptors (Lipinski definition) is 4. The van der Waals surface area contributed by atoms with Crippen molar-refractivity contribution in [2.45, 2.75) is 13.8 Å². The summed E-state index contributed by atoms with van der Waals surface area (Å²) >= 11 is 1.58. The van der Waals surface area contributed by atoms with Gasteiger partial charge in [0.1, 0.15) is 11.7 Å². The Kier molecular flexibility index (Phi) is 2.22. The van der Waals surface area contributed by atoms with Crippen molar-refractivity contribution in [3.8, 4) is 6.07 Å². The minimum atomic E-state index is -0.103. The molecular weight excluding hydrogens is 246 g/mol. The van der Waals surface area contributed by atoms with Gasteiger partial charge in [-0.25, -0.2) is 4.98 Å². The van der Waals surface area contributed by atoms with Crippen molar-refractivity contribution in [1.29, 1.82) is 5.26 Å². The standard InChI is InChI=1S/C13H9N3OS/c1-7-11-12(8(2)18-7)15-10-4-3-9(5-14)6-16(10)13(11)17/h3-4,6H,1-2H3. The Labute approximate surface area is 107 Å². The van der Waals surface area contributed by atoms with Gasteiger partial charge in [0.25, 0.3) is 5.56 Å². The predicted octanol–water partition coefficient (Wildman–Crippen LogP) is 2.40. The van der Waals surface area contributed by atoms with Crippen LogP contribution in [0.4, 0.5) is 0 Å². The molecule has 0 aliphatic rings. The Hall–Kier alpha value is -2.19. The molecule has 18 heavy (non-hydrogen) atoms. The van der Waals surface area contributed by atoms with E-state index in [0.717, 1.165) is 15.3 Å². The number of thiophene rings is 1. The third-order valence-corrected chi connectivity index (χ3v) is 3.95. The van der Waals surface area contributed by atoms with Crippen molar-refractivity contribution in [2.24, 2.45) is 0 Å². The third kappa shape index (κ3) is 1.36. The van der Waals surface area contributed by atoms with Crippen LogP contribution < -0.4 is 5.56 Å². The number of hydrogen-bond donors (Lipinski definition) is 0. The molecule has 4 nitrogen and oxygen atoms in total. The molecule has 5 heteroatoms. The second kappa shape index (κ2) is 3.65. The molecule has 3 aromatic rings. The number of nitrogens with zero attached hydrogens (tertiary/aromatic N) is 3. The quantitative estimate of drug-likeness (QED) is 0.619. The lowest BCUT2D eigenvalue weighted by Gasteiger charge is -2.01. The Morgan fingerprint density at radius 2 is 2.11 bits per heavy atom. The number of fused-ring (bicyclic) bond motifs is 2. The van der Waals surface area contributed by atoms with E-state index in [-0.39, 0.29) is 5.56 Å². The monoisotopic (exact) mass is 255 g/mol. The number of aryl methyl sites for hydroxylation is 2. The average molecular weight is 255 g/mol. The Bertz CT molecular complexity index is 883. The maximum Gasteiger partial charge on any atom is 0.266 e. The molecular formula is C13H9N3OS.